The Bertz CT molecular complexity index is 978. The molecule has 0 fully saturated rings. The molecule has 0 saturated heterocycles. The van der Waals surface area contributed by atoms with Crippen LogP contribution in [-0.4, -0.2) is 22.8 Å². The fourth-order valence-corrected chi connectivity index (χ4v) is 3.22. The predicted molar refractivity (Wildman–Crippen MR) is 98.7 cm³/mol. The van der Waals surface area contributed by atoms with Crippen LogP contribution in [0.25, 0.3) is 10.9 Å². The molecule has 1 heterocycles. The van der Waals surface area contributed by atoms with E-state index in [1.54, 1.807) is 13.0 Å². The zero-order valence-corrected chi connectivity index (χ0v) is 15.1. The number of hydrogen-bond acceptors (Lipinski definition) is 3. The summed E-state index contributed by atoms with van der Waals surface area (Å²) < 4.78 is 5.32. The number of Topliss-reactive ketones (excluding diaryl/α,β-unsaturated/α-hetero) is 1. The number of H-pyrrole nitrogens is 1. The van der Waals surface area contributed by atoms with Crippen molar-refractivity contribution in [3.63, 3.8) is 0 Å². The molecular formula is C19H15Cl2NO3. The maximum Gasteiger partial charge on any atom is 0.340 e. The SMILES string of the molecule is Cc1[nH]c2ccccc2c1C(=O)[C@H](C)OC(=O)c1ccc(Cl)cc1Cl. The number of carbonyl (C=O) groups excluding carboxylic acids is 2. The van der Waals surface area contributed by atoms with Gasteiger partial charge in [0.1, 0.15) is 0 Å². The van der Waals surface area contributed by atoms with Crippen LogP contribution in [0.15, 0.2) is 42.5 Å². The van der Waals surface area contributed by atoms with E-state index in [4.69, 9.17) is 27.9 Å². The number of ether oxygens (including phenoxy) is 1. The fourth-order valence-electron chi connectivity index (χ4n) is 2.73. The molecule has 0 amide bonds. The number of nitrogens with one attached hydrogen (secondary N) is 1. The van der Waals surface area contributed by atoms with Gasteiger partial charge in [-0.05, 0) is 38.1 Å². The number of aryl methyl sites for hydroxylation is 1. The van der Waals surface area contributed by atoms with Crippen molar-refractivity contribution in [2.45, 2.75) is 20.0 Å². The second kappa shape index (κ2) is 6.90. The van der Waals surface area contributed by atoms with Gasteiger partial charge in [-0.25, -0.2) is 4.79 Å². The summed E-state index contributed by atoms with van der Waals surface area (Å²) in [5.74, 6) is -0.937. The van der Waals surface area contributed by atoms with Gasteiger partial charge < -0.3 is 9.72 Å². The van der Waals surface area contributed by atoms with Gasteiger partial charge in [0.05, 0.1) is 10.6 Å². The molecule has 3 rings (SSSR count). The van der Waals surface area contributed by atoms with E-state index in [0.717, 1.165) is 16.6 Å². The highest BCUT2D eigenvalue weighted by Gasteiger charge is 2.25. The molecule has 1 N–H and O–H groups in total. The van der Waals surface area contributed by atoms with Crippen molar-refractivity contribution in [3.05, 3.63) is 69.3 Å². The minimum absolute atomic E-state index is 0.168. The van der Waals surface area contributed by atoms with Gasteiger partial charge in [-0.15, -0.1) is 0 Å². The molecule has 128 valence electrons. The Morgan fingerprint density at radius 3 is 2.56 bits per heavy atom. The largest absolute Gasteiger partial charge is 0.451 e. The zero-order chi connectivity index (χ0) is 18.1. The number of aromatic amines is 1. The number of benzene rings is 2. The third kappa shape index (κ3) is 3.41. The van der Waals surface area contributed by atoms with Crippen LogP contribution in [-0.2, 0) is 4.74 Å². The van der Waals surface area contributed by atoms with Crippen LogP contribution in [0.4, 0.5) is 0 Å². The van der Waals surface area contributed by atoms with Crippen molar-refractivity contribution in [3.8, 4) is 0 Å². The Morgan fingerprint density at radius 2 is 1.84 bits per heavy atom. The highest BCUT2D eigenvalue weighted by Crippen LogP contribution is 2.25. The first-order chi connectivity index (χ1) is 11.9. The summed E-state index contributed by atoms with van der Waals surface area (Å²) in [6.45, 7) is 3.36. The number of ketones is 1. The number of rotatable bonds is 4. The Hall–Kier alpha value is -2.30. The van der Waals surface area contributed by atoms with Gasteiger partial charge in [-0.3, -0.25) is 4.79 Å². The molecule has 0 saturated carbocycles. The molecular weight excluding hydrogens is 361 g/mol. The average Bonchev–Trinajstić information content (AvgIpc) is 2.89. The summed E-state index contributed by atoms with van der Waals surface area (Å²) in [6, 6.07) is 12.0. The summed E-state index contributed by atoms with van der Waals surface area (Å²) in [7, 11) is 0. The Labute approximate surface area is 154 Å². The molecule has 2 aromatic carbocycles. The standard InChI is InChI=1S/C19H15Cl2NO3/c1-10-17(14-5-3-4-6-16(14)22-10)18(23)11(2)25-19(24)13-8-7-12(20)9-15(13)21/h3-9,11,22H,1-2H3/t11-/m0/s1. The molecule has 0 unspecified atom stereocenters. The second-order valence-electron chi connectivity index (χ2n) is 5.71. The van der Waals surface area contributed by atoms with E-state index in [-0.39, 0.29) is 16.4 Å². The van der Waals surface area contributed by atoms with E-state index >= 15 is 0 Å². The first kappa shape index (κ1) is 17.5. The van der Waals surface area contributed by atoms with Gasteiger partial charge in [0.15, 0.2) is 6.10 Å². The van der Waals surface area contributed by atoms with Crippen molar-refractivity contribution < 1.29 is 14.3 Å². The summed E-state index contributed by atoms with van der Waals surface area (Å²) in [6.07, 6.45) is -0.947. The highest BCUT2D eigenvalue weighted by molar-refractivity contribution is 6.36. The van der Waals surface area contributed by atoms with E-state index in [2.05, 4.69) is 4.98 Å². The lowest BCUT2D eigenvalue weighted by Gasteiger charge is -2.13. The molecule has 0 aliphatic heterocycles. The molecule has 0 aliphatic rings. The van der Waals surface area contributed by atoms with Gasteiger partial charge in [0, 0.05) is 27.2 Å². The van der Waals surface area contributed by atoms with E-state index in [1.807, 2.05) is 31.2 Å². The fraction of sp³-hybridized carbons (Fsp3) is 0.158. The lowest BCUT2D eigenvalue weighted by molar-refractivity contribution is 0.0319. The number of esters is 1. The number of hydrogen-bond donors (Lipinski definition) is 1. The number of aromatic nitrogens is 1. The lowest BCUT2D eigenvalue weighted by Crippen LogP contribution is -2.25. The van der Waals surface area contributed by atoms with E-state index in [9.17, 15) is 9.59 Å². The number of carbonyl (C=O) groups is 2. The normalized spacial score (nSPS) is 12.2. The van der Waals surface area contributed by atoms with Crippen LogP contribution < -0.4 is 0 Å². The summed E-state index contributed by atoms with van der Waals surface area (Å²) >= 11 is 11.8. The first-order valence-electron chi connectivity index (χ1n) is 7.66. The average molecular weight is 376 g/mol. The topological polar surface area (TPSA) is 59.2 Å². The van der Waals surface area contributed by atoms with Crippen LogP contribution in [0.3, 0.4) is 0 Å². The minimum Gasteiger partial charge on any atom is -0.451 e. The smallest absolute Gasteiger partial charge is 0.340 e. The van der Waals surface area contributed by atoms with E-state index in [1.165, 1.54) is 12.1 Å². The number of fused-ring (bicyclic) bond motifs is 1. The zero-order valence-electron chi connectivity index (χ0n) is 13.6. The van der Waals surface area contributed by atoms with Crippen LogP contribution >= 0.6 is 23.2 Å². The van der Waals surface area contributed by atoms with Gasteiger partial charge in [-0.2, -0.15) is 0 Å². The highest BCUT2D eigenvalue weighted by atomic mass is 35.5. The quantitative estimate of drug-likeness (QED) is 0.502. The molecule has 0 radical (unpaired) electrons. The third-order valence-corrected chi connectivity index (χ3v) is 4.49. The summed E-state index contributed by atoms with van der Waals surface area (Å²) in [5.41, 5.74) is 2.29. The Kier molecular flexibility index (Phi) is 4.84. The molecule has 6 heteroatoms. The minimum atomic E-state index is -0.947. The molecule has 0 spiro atoms. The van der Waals surface area contributed by atoms with Crippen LogP contribution in [0.5, 0.6) is 0 Å². The predicted octanol–water partition coefficient (Wildman–Crippen LogP) is 5.21. The number of para-hydroxylation sites is 1. The monoisotopic (exact) mass is 375 g/mol. The van der Waals surface area contributed by atoms with E-state index < -0.39 is 12.1 Å². The molecule has 1 aromatic heterocycles. The summed E-state index contributed by atoms with van der Waals surface area (Å²) in [5, 5.41) is 1.40. The van der Waals surface area contributed by atoms with Crippen molar-refractivity contribution in [2.24, 2.45) is 0 Å². The van der Waals surface area contributed by atoms with Crippen molar-refractivity contribution in [2.75, 3.05) is 0 Å². The van der Waals surface area contributed by atoms with Crippen LogP contribution in [0.1, 0.15) is 33.3 Å². The number of halogens is 2. The molecule has 4 nitrogen and oxygen atoms in total. The molecule has 25 heavy (non-hydrogen) atoms. The van der Waals surface area contributed by atoms with Crippen molar-refractivity contribution in [1.82, 2.24) is 4.98 Å². The van der Waals surface area contributed by atoms with Crippen LogP contribution in [0, 0.1) is 6.92 Å². The van der Waals surface area contributed by atoms with Crippen molar-refractivity contribution in [1.29, 1.82) is 0 Å². The van der Waals surface area contributed by atoms with Crippen molar-refractivity contribution >= 4 is 45.9 Å². The maximum absolute atomic E-state index is 12.8. The van der Waals surface area contributed by atoms with Gasteiger partial charge in [0.25, 0.3) is 0 Å². The Balaban J connectivity index is 1.85. The first-order valence-corrected chi connectivity index (χ1v) is 8.41. The molecule has 0 bridgehead atoms. The maximum atomic E-state index is 12.8. The molecule has 3 aromatic rings. The van der Waals surface area contributed by atoms with Gasteiger partial charge >= 0.3 is 5.97 Å². The molecule has 0 aliphatic carbocycles. The Morgan fingerprint density at radius 1 is 1.12 bits per heavy atom. The van der Waals surface area contributed by atoms with Crippen LogP contribution in [0.2, 0.25) is 10.0 Å². The lowest BCUT2D eigenvalue weighted by atomic mass is 10.0. The van der Waals surface area contributed by atoms with Gasteiger partial charge in [0.2, 0.25) is 5.78 Å². The summed E-state index contributed by atoms with van der Waals surface area (Å²) in [4.78, 5) is 28.3. The second-order valence-corrected chi connectivity index (χ2v) is 6.55. The van der Waals surface area contributed by atoms with E-state index in [0.29, 0.717) is 10.6 Å². The van der Waals surface area contributed by atoms with Gasteiger partial charge in [-0.1, -0.05) is 41.4 Å². The molecule has 1 atom stereocenters. The third-order valence-electron chi connectivity index (χ3n) is 3.94.